The van der Waals surface area contributed by atoms with Gasteiger partial charge in [-0.05, 0) is 72.2 Å². The topological polar surface area (TPSA) is 86.5 Å². The number of aliphatic hydroxyl groups is 1. The third-order valence-corrected chi connectivity index (χ3v) is 7.55. The van der Waals surface area contributed by atoms with Crippen molar-refractivity contribution in [3.63, 3.8) is 0 Å². The van der Waals surface area contributed by atoms with Gasteiger partial charge >= 0.3 is 6.09 Å². The van der Waals surface area contributed by atoms with Gasteiger partial charge < -0.3 is 29.9 Å². The Hall–Kier alpha value is -0.996. The van der Waals surface area contributed by atoms with Crippen LogP contribution in [-0.2, 0) is 37.4 Å². The molecule has 4 fully saturated rings. The minimum absolute atomic E-state index is 0. The Morgan fingerprint density at radius 1 is 1.14 bits per heavy atom. The molecule has 205 valence electrons. The van der Waals surface area contributed by atoms with Crippen molar-refractivity contribution in [3.8, 4) is 0 Å². The molecule has 10 heteroatoms. The van der Waals surface area contributed by atoms with E-state index in [4.69, 9.17) is 14.8 Å². The molecule has 1 aliphatic carbocycles. The average Bonchev–Trinajstić information content (AvgIpc) is 3.29. The molecular formula is C27H45N6O3Y-. The Labute approximate surface area is 248 Å². The van der Waals surface area contributed by atoms with Crippen LogP contribution in [0.25, 0.3) is 5.32 Å². The molecule has 1 saturated carbocycles. The van der Waals surface area contributed by atoms with Crippen molar-refractivity contribution in [2.75, 3.05) is 81.9 Å². The zero-order valence-corrected chi connectivity index (χ0v) is 26.1. The molecule has 1 N–H and O–H groups in total. The first-order valence-corrected chi connectivity index (χ1v) is 13.6. The Bertz CT molecular complexity index is 856. The zero-order valence-electron chi connectivity index (χ0n) is 23.2. The number of likely N-dealkylation sites (tertiary alicyclic amines) is 1. The van der Waals surface area contributed by atoms with Crippen molar-refractivity contribution in [2.45, 2.75) is 58.6 Å². The molecule has 1 atom stereocenters. The summed E-state index contributed by atoms with van der Waals surface area (Å²) in [5, 5.41) is 13.0. The molecule has 1 amide bonds. The maximum absolute atomic E-state index is 11.9. The maximum Gasteiger partial charge on any atom is 0.409 e. The predicted molar refractivity (Wildman–Crippen MR) is 144 cm³/mol. The van der Waals surface area contributed by atoms with Gasteiger partial charge in [0.2, 0.25) is 0 Å². The number of carbonyl (C=O) groups excluding carboxylic acids is 1. The smallest absolute Gasteiger partial charge is 0.409 e. The Morgan fingerprint density at radius 2 is 1.78 bits per heavy atom. The zero-order chi connectivity index (χ0) is 25.8. The van der Waals surface area contributed by atoms with Crippen LogP contribution in [0.3, 0.4) is 0 Å². The fourth-order valence-electron chi connectivity index (χ4n) is 5.91. The van der Waals surface area contributed by atoms with Gasteiger partial charge in [-0.25, -0.2) is 9.78 Å². The molecule has 1 aromatic heterocycles. The summed E-state index contributed by atoms with van der Waals surface area (Å²) < 4.78 is 5.16. The molecule has 1 radical (unpaired) electrons. The van der Waals surface area contributed by atoms with Gasteiger partial charge in [0, 0.05) is 89.6 Å². The van der Waals surface area contributed by atoms with Crippen LogP contribution in [0.4, 0.5) is 16.3 Å². The standard InChI is InChI=1S/C23H35N6O2.C4H10O.Y/c1-2-31-22(30)29-17-23(18-29)6-5-19(16-23)26-12-14-28(15-13-26)21-20(4-3-7-25-21)27-10-8-24-9-11-27;1-4(2,3)5;/h3-4,7,19H,2,5-6,8-18H2,1H3;5H,1-3H3;/q-1;;. The summed E-state index contributed by atoms with van der Waals surface area (Å²) in [6.45, 7) is 17.4. The van der Waals surface area contributed by atoms with Crippen LogP contribution in [0, 0.1) is 5.41 Å². The van der Waals surface area contributed by atoms with Gasteiger partial charge in [-0.15, -0.1) is 13.1 Å². The third kappa shape index (κ3) is 8.24. The first-order valence-electron chi connectivity index (χ1n) is 13.6. The molecule has 1 unspecified atom stereocenters. The van der Waals surface area contributed by atoms with Crippen LogP contribution in [0.5, 0.6) is 0 Å². The van der Waals surface area contributed by atoms with E-state index in [0.29, 0.717) is 18.1 Å². The first-order chi connectivity index (χ1) is 17.2. The minimum atomic E-state index is -0.500. The summed E-state index contributed by atoms with van der Waals surface area (Å²) >= 11 is 0. The number of aromatic nitrogens is 1. The summed E-state index contributed by atoms with van der Waals surface area (Å²) in [7, 11) is 0. The SMILES string of the molecule is CC(C)(C)O.CCOC(=O)N1CC2(CCC(N3CCN(c4ncccc4N4CC[N-]CC4)CC3)C2)C1.[Y]. The monoisotopic (exact) mass is 590 g/mol. The number of piperazine rings is 2. The second-order valence-corrected chi connectivity index (χ2v) is 11.6. The van der Waals surface area contributed by atoms with Gasteiger partial charge in [0.05, 0.1) is 17.9 Å². The van der Waals surface area contributed by atoms with Gasteiger partial charge in [0.1, 0.15) is 0 Å². The summed E-state index contributed by atoms with van der Waals surface area (Å²) in [4.78, 5) is 26.2. The molecule has 5 rings (SSSR count). The number of nitrogens with zero attached hydrogens (tertiary/aromatic N) is 6. The second kappa shape index (κ2) is 13.4. The third-order valence-electron chi connectivity index (χ3n) is 7.55. The molecule has 3 saturated heterocycles. The van der Waals surface area contributed by atoms with Gasteiger partial charge in [-0.2, -0.15) is 0 Å². The van der Waals surface area contributed by atoms with Crippen LogP contribution in [-0.4, -0.2) is 110 Å². The molecule has 4 heterocycles. The number of hydrogen-bond acceptors (Lipinski definition) is 7. The van der Waals surface area contributed by atoms with E-state index in [1.807, 2.05) is 18.0 Å². The van der Waals surface area contributed by atoms with Crippen LogP contribution in [0.1, 0.15) is 47.0 Å². The van der Waals surface area contributed by atoms with E-state index in [2.05, 4.69) is 32.1 Å². The summed E-state index contributed by atoms with van der Waals surface area (Å²) in [5.74, 6) is 1.14. The van der Waals surface area contributed by atoms with Gasteiger partial charge in [-0.1, -0.05) is 0 Å². The van der Waals surface area contributed by atoms with Crippen LogP contribution < -0.4 is 9.80 Å². The normalized spacial score (nSPS) is 23.6. The largest absolute Gasteiger partial charge is 0.659 e. The molecular weight excluding hydrogens is 545 g/mol. The van der Waals surface area contributed by atoms with Crippen LogP contribution in [0.2, 0.25) is 0 Å². The van der Waals surface area contributed by atoms with Crippen molar-refractivity contribution in [3.05, 3.63) is 23.6 Å². The molecule has 37 heavy (non-hydrogen) atoms. The number of ether oxygens (including phenoxy) is 1. The van der Waals surface area contributed by atoms with Crippen molar-refractivity contribution >= 4 is 17.6 Å². The van der Waals surface area contributed by atoms with Gasteiger partial charge in [0.15, 0.2) is 5.82 Å². The quantitative estimate of drug-likeness (QED) is 0.577. The summed E-state index contributed by atoms with van der Waals surface area (Å²) in [6, 6.07) is 4.92. The predicted octanol–water partition coefficient (Wildman–Crippen LogP) is 3.18. The fraction of sp³-hybridized carbons (Fsp3) is 0.778. The number of amides is 1. The fourth-order valence-corrected chi connectivity index (χ4v) is 5.91. The molecule has 1 spiro atoms. The van der Waals surface area contributed by atoms with Crippen molar-refractivity contribution in [1.29, 1.82) is 0 Å². The van der Waals surface area contributed by atoms with Crippen molar-refractivity contribution in [2.24, 2.45) is 5.41 Å². The van der Waals surface area contributed by atoms with E-state index in [0.717, 1.165) is 71.3 Å². The number of carbonyl (C=O) groups is 1. The van der Waals surface area contributed by atoms with E-state index >= 15 is 0 Å². The van der Waals surface area contributed by atoms with Gasteiger partial charge in [0.25, 0.3) is 0 Å². The number of anilines is 2. The molecule has 3 aliphatic heterocycles. The van der Waals surface area contributed by atoms with Crippen LogP contribution in [0.15, 0.2) is 18.3 Å². The maximum atomic E-state index is 11.9. The Morgan fingerprint density at radius 3 is 2.41 bits per heavy atom. The first kappa shape index (κ1) is 30.5. The minimum Gasteiger partial charge on any atom is -0.659 e. The number of hydrogen-bond donors (Lipinski definition) is 1. The van der Waals surface area contributed by atoms with E-state index in [1.54, 1.807) is 20.8 Å². The summed E-state index contributed by atoms with van der Waals surface area (Å²) in [6.07, 6.45) is 5.49. The molecule has 4 aliphatic rings. The van der Waals surface area contributed by atoms with Crippen molar-refractivity contribution in [1.82, 2.24) is 14.8 Å². The molecule has 1 aromatic rings. The number of rotatable bonds is 4. The Balaban J connectivity index is 0.000000581. The van der Waals surface area contributed by atoms with E-state index in [9.17, 15) is 4.79 Å². The average molecular weight is 591 g/mol. The Kier molecular flexibility index (Phi) is 11.0. The van der Waals surface area contributed by atoms with Crippen molar-refractivity contribution < 1.29 is 47.3 Å². The van der Waals surface area contributed by atoms with E-state index in [-0.39, 0.29) is 38.8 Å². The van der Waals surface area contributed by atoms with Crippen LogP contribution >= 0.6 is 0 Å². The van der Waals surface area contributed by atoms with Gasteiger partial charge in [-0.3, -0.25) is 4.90 Å². The number of pyridine rings is 1. The summed E-state index contributed by atoms with van der Waals surface area (Å²) in [5.41, 5.74) is 1.10. The second-order valence-electron chi connectivity index (χ2n) is 11.6. The molecule has 9 nitrogen and oxygen atoms in total. The van der Waals surface area contributed by atoms with E-state index < -0.39 is 5.60 Å². The molecule has 0 aromatic carbocycles. The molecule has 0 bridgehead atoms. The van der Waals surface area contributed by atoms with E-state index in [1.165, 1.54) is 24.9 Å².